The van der Waals surface area contributed by atoms with E-state index in [1.807, 2.05) is 20.8 Å². The zero-order valence-corrected chi connectivity index (χ0v) is 13.0. The molecule has 1 aromatic rings. The molecule has 6 heteroatoms. The fraction of sp³-hybridized carbons (Fsp3) is 0.643. The number of carbonyl (C=O) groups excluding carboxylic acids is 2. The van der Waals surface area contributed by atoms with E-state index in [-0.39, 0.29) is 30.3 Å². The van der Waals surface area contributed by atoms with E-state index in [0.717, 1.165) is 24.1 Å². The molecule has 0 aromatic carbocycles. The quantitative estimate of drug-likeness (QED) is 0.907. The van der Waals surface area contributed by atoms with E-state index in [4.69, 9.17) is 0 Å². The Bertz CT molecular complexity index is 494. The van der Waals surface area contributed by atoms with Crippen LogP contribution in [0.3, 0.4) is 0 Å². The third-order valence-electron chi connectivity index (χ3n) is 3.54. The molecule has 0 unspecified atom stereocenters. The predicted molar refractivity (Wildman–Crippen MR) is 79.7 cm³/mol. The molecule has 0 bridgehead atoms. The summed E-state index contributed by atoms with van der Waals surface area (Å²) >= 11 is 1.44. The van der Waals surface area contributed by atoms with Crippen LogP contribution in [0.1, 0.15) is 38.0 Å². The Hall–Kier alpha value is -1.43. The first kappa shape index (κ1) is 15.0. The van der Waals surface area contributed by atoms with E-state index < -0.39 is 0 Å². The Morgan fingerprint density at radius 3 is 2.65 bits per heavy atom. The number of rotatable bonds is 5. The SMILES string of the molecule is Cc1cnc(NC(=O)CN(C(=O)C2CCC2)C(C)C)s1. The second kappa shape index (κ2) is 6.35. The van der Waals surface area contributed by atoms with Crippen molar-refractivity contribution in [1.29, 1.82) is 0 Å². The van der Waals surface area contributed by atoms with Crippen LogP contribution >= 0.6 is 11.3 Å². The summed E-state index contributed by atoms with van der Waals surface area (Å²) in [6.07, 6.45) is 4.75. The van der Waals surface area contributed by atoms with Crippen LogP contribution in [0.25, 0.3) is 0 Å². The molecule has 0 aliphatic heterocycles. The van der Waals surface area contributed by atoms with Crippen LogP contribution in [0.15, 0.2) is 6.20 Å². The van der Waals surface area contributed by atoms with Crippen LogP contribution in [-0.4, -0.2) is 34.3 Å². The van der Waals surface area contributed by atoms with Crippen LogP contribution in [0, 0.1) is 12.8 Å². The number of aryl methyl sites for hydroxylation is 1. The van der Waals surface area contributed by atoms with Gasteiger partial charge in [-0.1, -0.05) is 6.42 Å². The molecule has 1 aliphatic rings. The first-order valence-electron chi connectivity index (χ1n) is 7.00. The number of aromatic nitrogens is 1. The lowest BCUT2D eigenvalue weighted by molar-refractivity contribution is -0.142. The van der Waals surface area contributed by atoms with Gasteiger partial charge in [-0.3, -0.25) is 9.59 Å². The molecule has 1 aliphatic carbocycles. The predicted octanol–water partition coefficient (Wildman–Crippen LogP) is 2.43. The fourth-order valence-corrected chi connectivity index (χ4v) is 2.81. The molecule has 1 N–H and O–H groups in total. The number of nitrogens with zero attached hydrogens (tertiary/aromatic N) is 2. The van der Waals surface area contributed by atoms with E-state index >= 15 is 0 Å². The third kappa shape index (κ3) is 3.56. The second-order valence-electron chi connectivity index (χ2n) is 5.51. The van der Waals surface area contributed by atoms with Gasteiger partial charge in [0.1, 0.15) is 6.54 Å². The Balaban J connectivity index is 1.93. The first-order valence-corrected chi connectivity index (χ1v) is 7.81. The minimum atomic E-state index is -0.180. The number of thiazole rings is 1. The van der Waals surface area contributed by atoms with Gasteiger partial charge in [-0.05, 0) is 33.6 Å². The van der Waals surface area contributed by atoms with Crippen molar-refractivity contribution in [3.8, 4) is 0 Å². The van der Waals surface area contributed by atoms with Crippen LogP contribution < -0.4 is 5.32 Å². The average Bonchev–Trinajstić information content (AvgIpc) is 2.68. The van der Waals surface area contributed by atoms with Gasteiger partial charge in [0.25, 0.3) is 0 Å². The number of hydrogen-bond donors (Lipinski definition) is 1. The zero-order valence-electron chi connectivity index (χ0n) is 12.2. The van der Waals surface area contributed by atoms with Crippen LogP contribution in [0.2, 0.25) is 0 Å². The van der Waals surface area contributed by atoms with Gasteiger partial charge < -0.3 is 10.2 Å². The topological polar surface area (TPSA) is 62.3 Å². The fourth-order valence-electron chi connectivity index (χ4n) is 2.13. The maximum atomic E-state index is 12.3. The Labute approximate surface area is 123 Å². The van der Waals surface area contributed by atoms with Gasteiger partial charge in [0.2, 0.25) is 11.8 Å². The molecule has 0 radical (unpaired) electrons. The highest BCUT2D eigenvalue weighted by atomic mass is 32.1. The maximum absolute atomic E-state index is 12.3. The standard InChI is InChI=1S/C14H21N3O2S/c1-9(2)17(13(19)11-5-4-6-11)8-12(18)16-14-15-7-10(3)20-14/h7,9,11H,4-6,8H2,1-3H3,(H,15,16,18). The molecule has 2 amide bonds. The molecule has 0 atom stereocenters. The molecule has 0 saturated heterocycles. The molecule has 0 spiro atoms. The Kier molecular flexibility index (Phi) is 4.75. The number of anilines is 1. The summed E-state index contributed by atoms with van der Waals surface area (Å²) in [5.74, 6) is 0.0461. The lowest BCUT2D eigenvalue weighted by Crippen LogP contribution is -2.46. The summed E-state index contributed by atoms with van der Waals surface area (Å²) in [4.78, 5) is 31.1. The smallest absolute Gasteiger partial charge is 0.245 e. The molecule has 110 valence electrons. The summed E-state index contributed by atoms with van der Waals surface area (Å²) in [6, 6.07) is 0.0341. The zero-order chi connectivity index (χ0) is 14.7. The van der Waals surface area contributed by atoms with Crippen molar-refractivity contribution in [2.45, 2.75) is 46.1 Å². The van der Waals surface area contributed by atoms with Gasteiger partial charge in [-0.25, -0.2) is 4.98 Å². The number of amides is 2. The summed E-state index contributed by atoms with van der Waals surface area (Å²) < 4.78 is 0. The molecule has 1 aromatic heterocycles. The third-order valence-corrected chi connectivity index (χ3v) is 4.37. The van der Waals surface area contributed by atoms with Gasteiger partial charge in [0.15, 0.2) is 5.13 Å². The van der Waals surface area contributed by atoms with Gasteiger partial charge >= 0.3 is 0 Å². The minimum absolute atomic E-state index is 0.0341. The van der Waals surface area contributed by atoms with Gasteiger partial charge in [0, 0.05) is 23.0 Å². The maximum Gasteiger partial charge on any atom is 0.245 e. The summed E-state index contributed by atoms with van der Waals surface area (Å²) in [7, 11) is 0. The molecular formula is C14H21N3O2S. The Morgan fingerprint density at radius 1 is 1.50 bits per heavy atom. The van der Waals surface area contributed by atoms with E-state index in [0.29, 0.717) is 5.13 Å². The van der Waals surface area contributed by atoms with Gasteiger partial charge in [-0.2, -0.15) is 0 Å². The second-order valence-corrected chi connectivity index (χ2v) is 6.75. The van der Waals surface area contributed by atoms with E-state index in [9.17, 15) is 9.59 Å². The summed E-state index contributed by atoms with van der Waals surface area (Å²) in [6.45, 7) is 5.92. The number of hydrogen-bond acceptors (Lipinski definition) is 4. The average molecular weight is 295 g/mol. The molecular weight excluding hydrogens is 274 g/mol. The summed E-state index contributed by atoms with van der Waals surface area (Å²) in [5, 5.41) is 3.34. The van der Waals surface area contributed by atoms with Crippen molar-refractivity contribution >= 4 is 28.3 Å². The summed E-state index contributed by atoms with van der Waals surface area (Å²) in [5.41, 5.74) is 0. The molecule has 2 rings (SSSR count). The highest BCUT2D eigenvalue weighted by Crippen LogP contribution is 2.28. The minimum Gasteiger partial charge on any atom is -0.331 e. The van der Waals surface area contributed by atoms with Crippen LogP contribution in [0.5, 0.6) is 0 Å². The van der Waals surface area contributed by atoms with Crippen molar-refractivity contribution < 1.29 is 9.59 Å². The molecule has 1 saturated carbocycles. The highest BCUT2D eigenvalue weighted by molar-refractivity contribution is 7.15. The van der Waals surface area contributed by atoms with Crippen molar-refractivity contribution in [2.24, 2.45) is 5.92 Å². The Morgan fingerprint density at radius 2 is 2.20 bits per heavy atom. The van der Waals surface area contributed by atoms with Crippen molar-refractivity contribution in [2.75, 3.05) is 11.9 Å². The van der Waals surface area contributed by atoms with Crippen LogP contribution in [0.4, 0.5) is 5.13 Å². The van der Waals surface area contributed by atoms with E-state index in [1.165, 1.54) is 11.3 Å². The van der Waals surface area contributed by atoms with Crippen molar-refractivity contribution in [3.63, 3.8) is 0 Å². The van der Waals surface area contributed by atoms with Crippen LogP contribution in [-0.2, 0) is 9.59 Å². The lowest BCUT2D eigenvalue weighted by atomic mass is 9.84. The van der Waals surface area contributed by atoms with Gasteiger partial charge in [0.05, 0.1) is 0 Å². The molecule has 1 fully saturated rings. The lowest BCUT2D eigenvalue weighted by Gasteiger charge is -2.33. The number of nitrogens with one attached hydrogen (secondary N) is 1. The highest BCUT2D eigenvalue weighted by Gasteiger charge is 2.31. The first-order chi connectivity index (χ1) is 9.47. The molecule has 20 heavy (non-hydrogen) atoms. The number of carbonyl (C=O) groups is 2. The largest absolute Gasteiger partial charge is 0.331 e. The van der Waals surface area contributed by atoms with Gasteiger partial charge in [-0.15, -0.1) is 11.3 Å². The normalized spacial score (nSPS) is 15.0. The monoisotopic (exact) mass is 295 g/mol. The van der Waals surface area contributed by atoms with Crippen molar-refractivity contribution in [1.82, 2.24) is 9.88 Å². The van der Waals surface area contributed by atoms with E-state index in [1.54, 1.807) is 11.1 Å². The molecule has 5 nitrogen and oxygen atoms in total. The van der Waals surface area contributed by atoms with Crippen molar-refractivity contribution in [3.05, 3.63) is 11.1 Å². The molecule has 1 heterocycles. The van der Waals surface area contributed by atoms with E-state index in [2.05, 4.69) is 10.3 Å².